The molecule has 2 heterocycles. The van der Waals surface area contributed by atoms with Crippen LogP contribution in [0.2, 0.25) is 0 Å². The number of carbonyl (C=O) groups is 1. The molecule has 1 N–H and O–H groups in total. The normalized spacial score (nSPS) is 24.6. The average Bonchev–Trinajstić information content (AvgIpc) is 2.85. The Bertz CT molecular complexity index is 380. The summed E-state index contributed by atoms with van der Waals surface area (Å²) in [5, 5.41) is 9.70. The Kier molecular flexibility index (Phi) is 3.76. The molecule has 0 spiro atoms. The third-order valence-corrected chi connectivity index (χ3v) is 3.63. The van der Waals surface area contributed by atoms with Gasteiger partial charge in [-0.25, -0.2) is 0 Å². The van der Waals surface area contributed by atoms with Gasteiger partial charge in [0.05, 0.1) is 17.8 Å². The summed E-state index contributed by atoms with van der Waals surface area (Å²) in [4.78, 5) is 20.6. The van der Waals surface area contributed by atoms with Gasteiger partial charge in [-0.3, -0.25) is 9.78 Å². The van der Waals surface area contributed by atoms with Crippen molar-refractivity contribution in [3.05, 3.63) is 16.6 Å². The zero-order valence-corrected chi connectivity index (χ0v) is 10.9. The summed E-state index contributed by atoms with van der Waals surface area (Å²) in [5.41, 5.74) is 1.65. The second kappa shape index (κ2) is 5.12. The van der Waals surface area contributed by atoms with Gasteiger partial charge in [0.2, 0.25) is 0 Å². The predicted octanol–water partition coefficient (Wildman–Crippen LogP) is 0.280. The van der Waals surface area contributed by atoms with Crippen LogP contribution in [0.1, 0.15) is 16.1 Å². The average molecular weight is 255 g/mol. The van der Waals surface area contributed by atoms with Crippen LogP contribution in [0, 0.1) is 0 Å². The molecule has 1 aliphatic heterocycles. The monoisotopic (exact) mass is 255 g/mol. The number of thiazole rings is 1. The molecule has 5 nitrogen and oxygen atoms in total. The van der Waals surface area contributed by atoms with Crippen molar-refractivity contribution in [1.82, 2.24) is 14.8 Å². The number of aliphatic hydroxyl groups excluding tert-OH is 1. The third-order valence-electron chi connectivity index (χ3n) is 2.87. The van der Waals surface area contributed by atoms with Crippen LogP contribution in [0.5, 0.6) is 0 Å². The fourth-order valence-corrected chi connectivity index (χ4v) is 2.77. The van der Waals surface area contributed by atoms with E-state index >= 15 is 0 Å². The number of hydrogen-bond donors (Lipinski definition) is 1. The summed E-state index contributed by atoms with van der Waals surface area (Å²) in [6.45, 7) is 1.21. The van der Waals surface area contributed by atoms with Gasteiger partial charge in [0, 0.05) is 19.1 Å². The van der Waals surface area contributed by atoms with E-state index in [-0.39, 0.29) is 11.9 Å². The topological polar surface area (TPSA) is 56.7 Å². The van der Waals surface area contributed by atoms with E-state index in [2.05, 4.69) is 4.98 Å². The molecule has 1 aromatic rings. The van der Waals surface area contributed by atoms with E-state index in [4.69, 9.17) is 0 Å². The molecule has 0 aliphatic carbocycles. The molecule has 2 atom stereocenters. The van der Waals surface area contributed by atoms with Crippen LogP contribution in [0.3, 0.4) is 0 Å². The lowest BCUT2D eigenvalue weighted by Crippen LogP contribution is -2.41. The zero-order chi connectivity index (χ0) is 12.4. The zero-order valence-electron chi connectivity index (χ0n) is 10.0. The van der Waals surface area contributed by atoms with Crippen LogP contribution in [0.25, 0.3) is 0 Å². The number of nitrogens with zero attached hydrogens (tertiary/aromatic N) is 3. The largest absolute Gasteiger partial charge is 0.391 e. The SMILES string of the molecule is CN(C)CC1CC(O)CN1C(=O)c1cncs1. The molecular formula is C11H17N3O2S. The molecule has 0 aromatic carbocycles. The molecule has 2 unspecified atom stereocenters. The van der Waals surface area contributed by atoms with Crippen molar-refractivity contribution >= 4 is 17.2 Å². The minimum atomic E-state index is -0.406. The van der Waals surface area contributed by atoms with Crippen LogP contribution in [-0.2, 0) is 0 Å². The standard InChI is InChI=1S/C11H17N3O2S/c1-13(2)5-8-3-9(15)6-14(8)11(16)10-4-12-7-17-10/h4,7-9,15H,3,5-6H2,1-2H3. The van der Waals surface area contributed by atoms with Gasteiger partial charge in [-0.05, 0) is 20.5 Å². The molecule has 0 radical (unpaired) electrons. The maximum Gasteiger partial charge on any atom is 0.265 e. The van der Waals surface area contributed by atoms with Gasteiger partial charge in [-0.2, -0.15) is 0 Å². The number of hydrogen-bond acceptors (Lipinski definition) is 5. The Morgan fingerprint density at radius 2 is 2.47 bits per heavy atom. The first-order valence-corrected chi connectivity index (χ1v) is 6.48. The molecule has 17 heavy (non-hydrogen) atoms. The lowest BCUT2D eigenvalue weighted by molar-refractivity contribution is 0.0704. The van der Waals surface area contributed by atoms with Crippen molar-refractivity contribution in [2.75, 3.05) is 27.2 Å². The molecule has 1 aliphatic rings. The first-order valence-electron chi connectivity index (χ1n) is 5.60. The summed E-state index contributed by atoms with van der Waals surface area (Å²) in [6, 6.07) is 0.0922. The Morgan fingerprint density at radius 3 is 3.06 bits per heavy atom. The summed E-state index contributed by atoms with van der Waals surface area (Å²) >= 11 is 1.34. The number of carbonyl (C=O) groups excluding carboxylic acids is 1. The maximum absolute atomic E-state index is 12.2. The van der Waals surface area contributed by atoms with Gasteiger partial charge in [0.15, 0.2) is 0 Å². The molecule has 1 saturated heterocycles. The second-order valence-electron chi connectivity index (χ2n) is 4.63. The van der Waals surface area contributed by atoms with E-state index < -0.39 is 6.10 Å². The lowest BCUT2D eigenvalue weighted by atomic mass is 10.2. The molecule has 1 amide bonds. The van der Waals surface area contributed by atoms with E-state index in [0.29, 0.717) is 17.8 Å². The predicted molar refractivity (Wildman–Crippen MR) is 66.1 cm³/mol. The summed E-state index contributed by atoms with van der Waals surface area (Å²) < 4.78 is 0. The fraction of sp³-hybridized carbons (Fsp3) is 0.636. The minimum absolute atomic E-state index is 0.0177. The summed E-state index contributed by atoms with van der Waals surface area (Å²) in [5.74, 6) is -0.0177. The first-order chi connectivity index (χ1) is 8.08. The molecule has 2 rings (SSSR count). The van der Waals surface area contributed by atoms with E-state index in [1.807, 2.05) is 19.0 Å². The van der Waals surface area contributed by atoms with Gasteiger partial charge in [0.25, 0.3) is 5.91 Å². The Hall–Kier alpha value is -0.980. The number of likely N-dealkylation sites (tertiary alicyclic amines) is 1. The Balaban J connectivity index is 2.10. The van der Waals surface area contributed by atoms with E-state index in [1.54, 1.807) is 16.6 Å². The van der Waals surface area contributed by atoms with Gasteiger partial charge < -0.3 is 14.9 Å². The molecule has 94 valence electrons. The lowest BCUT2D eigenvalue weighted by Gasteiger charge is -2.26. The van der Waals surface area contributed by atoms with Crippen molar-refractivity contribution in [3.63, 3.8) is 0 Å². The van der Waals surface area contributed by atoms with Crippen LogP contribution in [0.4, 0.5) is 0 Å². The highest BCUT2D eigenvalue weighted by atomic mass is 32.1. The van der Waals surface area contributed by atoms with Gasteiger partial charge in [0.1, 0.15) is 4.88 Å². The number of likely N-dealkylation sites (N-methyl/N-ethyl adjacent to an activating group) is 1. The van der Waals surface area contributed by atoms with Crippen LogP contribution in [0.15, 0.2) is 11.7 Å². The maximum atomic E-state index is 12.2. The van der Waals surface area contributed by atoms with Crippen molar-refractivity contribution < 1.29 is 9.90 Å². The van der Waals surface area contributed by atoms with Gasteiger partial charge in [-0.1, -0.05) is 0 Å². The smallest absolute Gasteiger partial charge is 0.265 e. The molecule has 1 fully saturated rings. The number of aromatic nitrogens is 1. The van der Waals surface area contributed by atoms with Crippen molar-refractivity contribution in [1.29, 1.82) is 0 Å². The quantitative estimate of drug-likeness (QED) is 0.843. The van der Waals surface area contributed by atoms with Gasteiger partial charge >= 0.3 is 0 Å². The number of β-amino-alcohol motifs (C(OH)–C–C–N with tert-alkyl or cyclic N) is 1. The number of aliphatic hydroxyl groups is 1. The summed E-state index contributed by atoms with van der Waals surface area (Å²) in [6.07, 6.45) is 1.84. The molecule has 0 bridgehead atoms. The van der Waals surface area contributed by atoms with Crippen molar-refractivity contribution in [3.8, 4) is 0 Å². The highest BCUT2D eigenvalue weighted by Crippen LogP contribution is 2.22. The molecule has 0 saturated carbocycles. The molecule has 6 heteroatoms. The van der Waals surface area contributed by atoms with E-state index in [9.17, 15) is 9.90 Å². The number of amides is 1. The van der Waals surface area contributed by atoms with Crippen molar-refractivity contribution in [2.45, 2.75) is 18.6 Å². The van der Waals surface area contributed by atoms with E-state index in [1.165, 1.54) is 11.3 Å². The van der Waals surface area contributed by atoms with E-state index in [0.717, 1.165) is 6.54 Å². The third kappa shape index (κ3) is 2.83. The molecular weight excluding hydrogens is 238 g/mol. The fourth-order valence-electron chi connectivity index (χ4n) is 2.20. The van der Waals surface area contributed by atoms with Crippen LogP contribution < -0.4 is 0 Å². The highest BCUT2D eigenvalue weighted by molar-refractivity contribution is 7.11. The van der Waals surface area contributed by atoms with Crippen LogP contribution >= 0.6 is 11.3 Å². The number of rotatable bonds is 3. The first kappa shape index (κ1) is 12.5. The molecule has 1 aromatic heterocycles. The Morgan fingerprint density at radius 1 is 1.71 bits per heavy atom. The Labute approximate surface area is 105 Å². The summed E-state index contributed by atoms with van der Waals surface area (Å²) in [7, 11) is 3.94. The van der Waals surface area contributed by atoms with Crippen molar-refractivity contribution in [2.24, 2.45) is 0 Å². The second-order valence-corrected chi connectivity index (χ2v) is 5.52. The van der Waals surface area contributed by atoms with Gasteiger partial charge in [-0.15, -0.1) is 11.3 Å². The van der Waals surface area contributed by atoms with Crippen LogP contribution in [-0.4, -0.2) is 65.1 Å². The highest BCUT2D eigenvalue weighted by Gasteiger charge is 2.35. The minimum Gasteiger partial charge on any atom is -0.391 e.